The lowest BCUT2D eigenvalue weighted by molar-refractivity contribution is -0.131. The second kappa shape index (κ2) is 7.29. The summed E-state index contributed by atoms with van der Waals surface area (Å²) in [6, 6.07) is 9.73. The van der Waals surface area contributed by atoms with E-state index >= 15 is 0 Å². The van der Waals surface area contributed by atoms with E-state index in [0.717, 1.165) is 30.4 Å². The zero-order valence-electron chi connectivity index (χ0n) is 11.6. The highest BCUT2D eigenvalue weighted by Crippen LogP contribution is 2.30. The highest BCUT2D eigenvalue weighted by atomic mass is 35.5. The number of anilines is 1. The zero-order chi connectivity index (χ0) is 15.2. The molecule has 0 spiro atoms. The number of thiophene rings is 1. The van der Waals surface area contributed by atoms with Crippen molar-refractivity contribution in [1.29, 1.82) is 0 Å². The Morgan fingerprint density at radius 1 is 1.38 bits per heavy atom. The van der Waals surface area contributed by atoms with Crippen molar-refractivity contribution < 1.29 is 9.90 Å². The van der Waals surface area contributed by atoms with Crippen LogP contribution in [0.3, 0.4) is 0 Å². The first-order valence-electron chi connectivity index (χ1n) is 6.58. The fourth-order valence-electron chi connectivity index (χ4n) is 2.08. The van der Waals surface area contributed by atoms with E-state index in [1.807, 2.05) is 23.6 Å². The van der Waals surface area contributed by atoms with Crippen LogP contribution in [0.25, 0.3) is 6.08 Å². The number of rotatable bonds is 6. The average Bonchev–Trinajstić information content (AvgIpc) is 2.96. The maximum Gasteiger partial charge on any atom is 0.328 e. The fourth-order valence-corrected chi connectivity index (χ4v) is 3.03. The third-order valence-corrected chi connectivity index (χ3v) is 4.26. The van der Waals surface area contributed by atoms with Crippen molar-refractivity contribution in [2.45, 2.75) is 13.5 Å². The van der Waals surface area contributed by atoms with Gasteiger partial charge in [-0.15, -0.1) is 11.3 Å². The van der Waals surface area contributed by atoms with Crippen molar-refractivity contribution >= 4 is 40.7 Å². The van der Waals surface area contributed by atoms with E-state index in [2.05, 4.69) is 17.9 Å². The van der Waals surface area contributed by atoms with Crippen LogP contribution in [0.4, 0.5) is 5.69 Å². The summed E-state index contributed by atoms with van der Waals surface area (Å²) in [7, 11) is 0. The molecule has 0 fully saturated rings. The molecule has 0 atom stereocenters. The van der Waals surface area contributed by atoms with Crippen LogP contribution < -0.4 is 4.90 Å². The number of carbonyl (C=O) groups is 1. The first-order chi connectivity index (χ1) is 10.1. The minimum absolute atomic E-state index is 0.551. The summed E-state index contributed by atoms with van der Waals surface area (Å²) in [6.07, 6.45) is 2.67. The van der Waals surface area contributed by atoms with Gasteiger partial charge in [0.05, 0.1) is 6.54 Å². The maximum atomic E-state index is 10.7. The van der Waals surface area contributed by atoms with Crippen LogP contribution in [-0.4, -0.2) is 17.6 Å². The number of carboxylic acid groups (broad SMARTS) is 1. The van der Waals surface area contributed by atoms with Gasteiger partial charge in [0, 0.05) is 33.8 Å². The van der Waals surface area contributed by atoms with Crippen LogP contribution in [0.2, 0.25) is 5.02 Å². The SMILES string of the molecule is CCN(Cc1cccs1)c1cccc(Cl)c1C=CC(=O)O. The Labute approximate surface area is 133 Å². The number of aliphatic carboxylic acids is 1. The molecule has 0 aliphatic heterocycles. The molecule has 1 aromatic heterocycles. The van der Waals surface area contributed by atoms with Gasteiger partial charge in [0.25, 0.3) is 0 Å². The van der Waals surface area contributed by atoms with Crippen LogP contribution in [0.15, 0.2) is 41.8 Å². The lowest BCUT2D eigenvalue weighted by atomic mass is 10.1. The van der Waals surface area contributed by atoms with Gasteiger partial charge in [0.15, 0.2) is 0 Å². The summed E-state index contributed by atoms with van der Waals surface area (Å²) in [5.41, 5.74) is 1.68. The predicted molar refractivity (Wildman–Crippen MR) is 89.2 cm³/mol. The molecule has 1 heterocycles. The van der Waals surface area contributed by atoms with Crippen molar-refractivity contribution in [2.24, 2.45) is 0 Å². The van der Waals surface area contributed by atoms with Gasteiger partial charge in [0.2, 0.25) is 0 Å². The Hall–Kier alpha value is -1.78. The monoisotopic (exact) mass is 321 g/mol. The normalized spacial score (nSPS) is 11.0. The summed E-state index contributed by atoms with van der Waals surface area (Å²) >= 11 is 7.93. The van der Waals surface area contributed by atoms with Gasteiger partial charge < -0.3 is 10.0 Å². The maximum absolute atomic E-state index is 10.7. The Kier molecular flexibility index (Phi) is 5.42. The van der Waals surface area contributed by atoms with Crippen LogP contribution in [0.5, 0.6) is 0 Å². The standard InChI is InChI=1S/C16H16ClNO2S/c1-2-18(11-12-5-4-10-21-12)15-7-3-6-14(17)13(15)8-9-16(19)20/h3-10H,2,11H2,1H3,(H,19,20). The van der Waals surface area contributed by atoms with Crippen molar-refractivity contribution in [3.05, 3.63) is 57.3 Å². The largest absolute Gasteiger partial charge is 0.478 e. The fraction of sp³-hybridized carbons (Fsp3) is 0.188. The van der Waals surface area contributed by atoms with Gasteiger partial charge in [0.1, 0.15) is 0 Å². The molecule has 0 unspecified atom stereocenters. The molecule has 2 aromatic rings. The Bertz CT molecular complexity index is 638. The number of halogens is 1. The number of carboxylic acids is 1. The van der Waals surface area contributed by atoms with Gasteiger partial charge in [-0.05, 0) is 36.6 Å². The Balaban J connectivity index is 2.36. The molecule has 0 bridgehead atoms. The van der Waals surface area contributed by atoms with Crippen molar-refractivity contribution in [3.8, 4) is 0 Å². The van der Waals surface area contributed by atoms with E-state index in [-0.39, 0.29) is 0 Å². The number of benzene rings is 1. The topological polar surface area (TPSA) is 40.5 Å². The quantitative estimate of drug-likeness (QED) is 0.795. The Morgan fingerprint density at radius 2 is 2.19 bits per heavy atom. The van der Waals surface area contributed by atoms with Gasteiger partial charge >= 0.3 is 5.97 Å². The summed E-state index contributed by atoms with van der Waals surface area (Å²) in [4.78, 5) is 14.2. The van der Waals surface area contributed by atoms with E-state index in [1.54, 1.807) is 23.5 Å². The zero-order valence-corrected chi connectivity index (χ0v) is 13.2. The molecule has 5 heteroatoms. The van der Waals surface area contributed by atoms with E-state index in [1.165, 1.54) is 4.88 Å². The molecular weight excluding hydrogens is 306 g/mol. The summed E-state index contributed by atoms with van der Waals surface area (Å²) < 4.78 is 0. The van der Waals surface area contributed by atoms with Crippen LogP contribution >= 0.6 is 22.9 Å². The molecule has 0 saturated carbocycles. The lowest BCUT2D eigenvalue weighted by Gasteiger charge is -2.25. The van der Waals surface area contributed by atoms with E-state index in [4.69, 9.17) is 16.7 Å². The molecule has 1 N–H and O–H groups in total. The highest BCUT2D eigenvalue weighted by molar-refractivity contribution is 7.09. The Morgan fingerprint density at radius 3 is 2.81 bits per heavy atom. The molecule has 0 saturated heterocycles. The summed E-state index contributed by atoms with van der Waals surface area (Å²) in [5, 5.41) is 11.4. The molecule has 0 amide bonds. The molecule has 2 rings (SSSR count). The molecule has 0 aliphatic rings. The van der Waals surface area contributed by atoms with Crippen molar-refractivity contribution in [2.75, 3.05) is 11.4 Å². The summed E-state index contributed by atoms with van der Waals surface area (Å²) in [6.45, 7) is 3.66. The lowest BCUT2D eigenvalue weighted by Crippen LogP contribution is -2.22. The molecule has 0 aliphatic carbocycles. The molecule has 110 valence electrons. The molecule has 0 radical (unpaired) electrons. The van der Waals surface area contributed by atoms with E-state index in [0.29, 0.717) is 5.02 Å². The van der Waals surface area contributed by atoms with Crippen molar-refractivity contribution in [3.63, 3.8) is 0 Å². The minimum Gasteiger partial charge on any atom is -0.478 e. The minimum atomic E-state index is -0.984. The third kappa shape index (κ3) is 4.09. The molecule has 21 heavy (non-hydrogen) atoms. The molecule has 1 aromatic carbocycles. The van der Waals surface area contributed by atoms with Gasteiger partial charge in [-0.3, -0.25) is 0 Å². The number of hydrogen-bond donors (Lipinski definition) is 1. The second-order valence-electron chi connectivity index (χ2n) is 4.44. The second-order valence-corrected chi connectivity index (χ2v) is 5.88. The third-order valence-electron chi connectivity index (χ3n) is 3.07. The predicted octanol–water partition coefficient (Wildman–Crippen LogP) is 4.53. The first-order valence-corrected chi connectivity index (χ1v) is 7.84. The molecular formula is C16H16ClNO2S. The van der Waals surface area contributed by atoms with E-state index in [9.17, 15) is 4.79 Å². The molecule has 3 nitrogen and oxygen atoms in total. The van der Waals surface area contributed by atoms with Crippen molar-refractivity contribution in [1.82, 2.24) is 0 Å². The number of hydrogen-bond acceptors (Lipinski definition) is 3. The van der Waals surface area contributed by atoms with Gasteiger partial charge in [-0.25, -0.2) is 4.79 Å². The van der Waals surface area contributed by atoms with Crippen LogP contribution in [0.1, 0.15) is 17.4 Å². The highest BCUT2D eigenvalue weighted by Gasteiger charge is 2.12. The van der Waals surface area contributed by atoms with Gasteiger partial charge in [-0.2, -0.15) is 0 Å². The van der Waals surface area contributed by atoms with Crippen LogP contribution in [-0.2, 0) is 11.3 Å². The van der Waals surface area contributed by atoms with Crippen LogP contribution in [0, 0.1) is 0 Å². The smallest absolute Gasteiger partial charge is 0.328 e. The van der Waals surface area contributed by atoms with E-state index < -0.39 is 5.97 Å². The number of nitrogens with zero attached hydrogens (tertiary/aromatic N) is 1. The summed E-state index contributed by atoms with van der Waals surface area (Å²) in [5.74, 6) is -0.984. The first kappa shape index (κ1) is 15.6. The average molecular weight is 322 g/mol. The van der Waals surface area contributed by atoms with Gasteiger partial charge in [-0.1, -0.05) is 23.7 Å².